The summed E-state index contributed by atoms with van der Waals surface area (Å²) in [6, 6.07) is 5.98. The first-order valence-corrected chi connectivity index (χ1v) is 6.41. The maximum atomic E-state index is 5.61. The number of rotatable bonds is 3. The van der Waals surface area contributed by atoms with Gasteiger partial charge in [0.15, 0.2) is 5.82 Å². The lowest BCUT2D eigenvalue weighted by Crippen LogP contribution is -2.14. The van der Waals surface area contributed by atoms with Gasteiger partial charge in [0.1, 0.15) is 10.7 Å². The van der Waals surface area contributed by atoms with E-state index in [0.29, 0.717) is 11.5 Å². The van der Waals surface area contributed by atoms with Crippen LogP contribution in [0.15, 0.2) is 35.1 Å². The zero-order chi connectivity index (χ0) is 13.1. The topological polar surface area (TPSA) is 63.8 Å². The summed E-state index contributed by atoms with van der Waals surface area (Å²) in [5.41, 5.74) is 8.13. The number of thiocarbonyl (C=S) groups is 1. The summed E-state index contributed by atoms with van der Waals surface area (Å²) in [5, 5.41) is 3.16. The summed E-state index contributed by atoms with van der Waals surface area (Å²) in [5.74, 6) is 0.558. The SMILES string of the molecule is Cc1cc(Br)cc(Nc2nccnc2C(N)=S)c1. The Labute approximate surface area is 119 Å². The van der Waals surface area contributed by atoms with Crippen molar-refractivity contribution in [2.45, 2.75) is 6.92 Å². The molecule has 0 saturated carbocycles. The van der Waals surface area contributed by atoms with E-state index in [0.717, 1.165) is 15.7 Å². The van der Waals surface area contributed by atoms with E-state index in [1.165, 1.54) is 0 Å². The average molecular weight is 323 g/mol. The van der Waals surface area contributed by atoms with Crippen LogP contribution in [-0.2, 0) is 0 Å². The van der Waals surface area contributed by atoms with Gasteiger partial charge in [-0.25, -0.2) is 9.97 Å². The molecule has 0 spiro atoms. The predicted octanol–water partition coefficient (Wildman–Crippen LogP) is 2.93. The Hall–Kier alpha value is -1.53. The highest BCUT2D eigenvalue weighted by Gasteiger charge is 2.08. The van der Waals surface area contributed by atoms with E-state index in [1.807, 2.05) is 25.1 Å². The van der Waals surface area contributed by atoms with Gasteiger partial charge >= 0.3 is 0 Å². The number of nitrogens with zero attached hydrogens (tertiary/aromatic N) is 2. The molecule has 0 unspecified atom stereocenters. The lowest BCUT2D eigenvalue weighted by molar-refractivity contribution is 1.18. The molecule has 0 bridgehead atoms. The van der Waals surface area contributed by atoms with Crippen molar-refractivity contribution in [2.24, 2.45) is 5.73 Å². The van der Waals surface area contributed by atoms with Gasteiger partial charge in [0, 0.05) is 22.6 Å². The van der Waals surface area contributed by atoms with Crippen LogP contribution in [0.25, 0.3) is 0 Å². The molecule has 1 aromatic heterocycles. The van der Waals surface area contributed by atoms with E-state index < -0.39 is 0 Å². The number of nitrogens with two attached hydrogens (primary N) is 1. The third-order valence-electron chi connectivity index (χ3n) is 2.24. The van der Waals surface area contributed by atoms with Gasteiger partial charge in [0.05, 0.1) is 0 Å². The molecule has 1 heterocycles. The van der Waals surface area contributed by atoms with Crippen molar-refractivity contribution in [2.75, 3.05) is 5.32 Å². The zero-order valence-corrected chi connectivity index (χ0v) is 12.0. The summed E-state index contributed by atoms with van der Waals surface area (Å²) in [6.07, 6.45) is 3.15. The summed E-state index contributed by atoms with van der Waals surface area (Å²) in [4.78, 5) is 8.53. The van der Waals surface area contributed by atoms with Gasteiger partial charge in [-0.3, -0.25) is 0 Å². The van der Waals surface area contributed by atoms with Crippen molar-refractivity contribution >= 4 is 44.6 Å². The monoisotopic (exact) mass is 322 g/mol. The Bertz CT molecular complexity index is 580. The maximum Gasteiger partial charge on any atom is 0.159 e. The van der Waals surface area contributed by atoms with Crippen LogP contribution in [0, 0.1) is 6.92 Å². The third kappa shape index (κ3) is 3.02. The first-order chi connectivity index (χ1) is 8.56. The lowest BCUT2D eigenvalue weighted by atomic mass is 10.2. The minimum absolute atomic E-state index is 0.220. The number of hydrogen-bond acceptors (Lipinski definition) is 4. The molecule has 0 atom stereocenters. The molecule has 6 heteroatoms. The summed E-state index contributed by atoms with van der Waals surface area (Å²) < 4.78 is 0.991. The van der Waals surface area contributed by atoms with Crippen molar-refractivity contribution in [3.05, 3.63) is 46.3 Å². The van der Waals surface area contributed by atoms with E-state index in [4.69, 9.17) is 18.0 Å². The highest BCUT2D eigenvalue weighted by Crippen LogP contribution is 2.22. The fraction of sp³-hybridized carbons (Fsp3) is 0.0833. The number of aryl methyl sites for hydroxylation is 1. The number of anilines is 2. The Kier molecular flexibility index (Phi) is 3.88. The van der Waals surface area contributed by atoms with Crippen molar-refractivity contribution < 1.29 is 0 Å². The van der Waals surface area contributed by atoms with Gasteiger partial charge in [-0.2, -0.15) is 0 Å². The van der Waals surface area contributed by atoms with E-state index >= 15 is 0 Å². The van der Waals surface area contributed by atoms with Crippen molar-refractivity contribution in [3.63, 3.8) is 0 Å². The van der Waals surface area contributed by atoms with Crippen LogP contribution < -0.4 is 11.1 Å². The van der Waals surface area contributed by atoms with E-state index in [9.17, 15) is 0 Å². The Morgan fingerprint density at radius 1 is 1.28 bits per heavy atom. The van der Waals surface area contributed by atoms with Gasteiger partial charge in [-0.1, -0.05) is 28.1 Å². The molecule has 0 fully saturated rings. The maximum absolute atomic E-state index is 5.61. The molecule has 0 amide bonds. The molecule has 3 N–H and O–H groups in total. The Morgan fingerprint density at radius 2 is 2.00 bits per heavy atom. The number of hydrogen-bond donors (Lipinski definition) is 2. The van der Waals surface area contributed by atoms with Crippen LogP contribution in [-0.4, -0.2) is 15.0 Å². The average Bonchev–Trinajstić information content (AvgIpc) is 2.27. The molecular formula is C12H11BrN4S. The smallest absolute Gasteiger partial charge is 0.159 e. The summed E-state index contributed by atoms with van der Waals surface area (Å²) in [6.45, 7) is 2.01. The van der Waals surface area contributed by atoms with Gasteiger partial charge in [0.25, 0.3) is 0 Å². The first-order valence-electron chi connectivity index (χ1n) is 5.21. The van der Waals surface area contributed by atoms with Crippen LogP contribution >= 0.6 is 28.1 Å². The standard InChI is InChI=1S/C12H11BrN4S/c1-7-4-8(13)6-9(5-7)17-12-10(11(14)18)15-2-3-16-12/h2-6H,1H3,(H2,14,18)(H,16,17). The number of nitrogens with one attached hydrogen (secondary N) is 1. The van der Waals surface area contributed by atoms with Crippen LogP contribution in [0.4, 0.5) is 11.5 Å². The molecule has 92 valence electrons. The van der Waals surface area contributed by atoms with Gasteiger partial charge in [-0.05, 0) is 30.7 Å². The quantitative estimate of drug-likeness (QED) is 0.851. The number of aromatic nitrogens is 2. The fourth-order valence-electron chi connectivity index (χ4n) is 1.56. The van der Waals surface area contributed by atoms with E-state index in [2.05, 4.69) is 31.2 Å². The lowest BCUT2D eigenvalue weighted by Gasteiger charge is -2.10. The third-order valence-corrected chi connectivity index (χ3v) is 2.89. The fourth-order valence-corrected chi connectivity index (χ4v) is 2.31. The molecule has 4 nitrogen and oxygen atoms in total. The molecule has 18 heavy (non-hydrogen) atoms. The second kappa shape index (κ2) is 5.41. The van der Waals surface area contributed by atoms with Gasteiger partial charge in [-0.15, -0.1) is 0 Å². The second-order valence-electron chi connectivity index (χ2n) is 3.76. The van der Waals surface area contributed by atoms with Crippen molar-refractivity contribution in [1.29, 1.82) is 0 Å². The van der Waals surface area contributed by atoms with Crippen LogP contribution in [0.3, 0.4) is 0 Å². The highest BCUT2D eigenvalue weighted by atomic mass is 79.9. The molecule has 0 radical (unpaired) electrons. The molecule has 2 rings (SSSR count). The minimum Gasteiger partial charge on any atom is -0.388 e. The van der Waals surface area contributed by atoms with Gasteiger partial charge < -0.3 is 11.1 Å². The molecule has 0 saturated heterocycles. The molecule has 0 aliphatic rings. The largest absolute Gasteiger partial charge is 0.388 e. The zero-order valence-electron chi connectivity index (χ0n) is 9.64. The van der Waals surface area contributed by atoms with Crippen LogP contribution in [0.1, 0.15) is 11.3 Å². The first kappa shape index (κ1) is 12.9. The van der Waals surface area contributed by atoms with E-state index in [1.54, 1.807) is 12.4 Å². The van der Waals surface area contributed by atoms with Crippen molar-refractivity contribution in [1.82, 2.24) is 9.97 Å². The van der Waals surface area contributed by atoms with E-state index in [-0.39, 0.29) is 4.99 Å². The molecule has 2 aromatic rings. The molecule has 0 aliphatic heterocycles. The summed E-state index contributed by atoms with van der Waals surface area (Å²) >= 11 is 8.39. The second-order valence-corrected chi connectivity index (χ2v) is 5.12. The Balaban J connectivity index is 2.37. The van der Waals surface area contributed by atoms with Crippen molar-refractivity contribution in [3.8, 4) is 0 Å². The minimum atomic E-state index is 0.220. The Morgan fingerprint density at radius 3 is 2.67 bits per heavy atom. The highest BCUT2D eigenvalue weighted by molar-refractivity contribution is 9.10. The molecule has 0 aliphatic carbocycles. The van der Waals surface area contributed by atoms with Crippen LogP contribution in [0.5, 0.6) is 0 Å². The molecule has 1 aromatic carbocycles. The van der Waals surface area contributed by atoms with Crippen LogP contribution in [0.2, 0.25) is 0 Å². The molecular weight excluding hydrogens is 312 g/mol. The number of benzene rings is 1. The predicted molar refractivity (Wildman–Crippen MR) is 80.1 cm³/mol. The number of halogens is 1. The van der Waals surface area contributed by atoms with Gasteiger partial charge in [0.2, 0.25) is 0 Å². The normalized spacial score (nSPS) is 10.1. The summed E-state index contributed by atoms with van der Waals surface area (Å²) in [7, 11) is 0.